The molecule has 2 aromatic rings. The maximum atomic E-state index is 11.5. The van der Waals surface area contributed by atoms with Gasteiger partial charge in [0.15, 0.2) is 0 Å². The maximum absolute atomic E-state index is 11.5. The van der Waals surface area contributed by atoms with E-state index in [0.717, 1.165) is 22.1 Å². The van der Waals surface area contributed by atoms with E-state index in [9.17, 15) is 9.90 Å². The summed E-state index contributed by atoms with van der Waals surface area (Å²) in [5, 5.41) is 10.4. The van der Waals surface area contributed by atoms with Gasteiger partial charge in [0.25, 0.3) is 0 Å². The zero-order chi connectivity index (χ0) is 15.2. The Labute approximate surface area is 119 Å². The average molecular weight is 274 g/mol. The largest absolute Gasteiger partial charge is 0.475 e. The monoisotopic (exact) mass is 274 g/mol. The molecule has 2 rings (SSSR count). The van der Waals surface area contributed by atoms with Gasteiger partial charge in [-0.2, -0.15) is 0 Å². The molecule has 0 spiro atoms. The summed E-state index contributed by atoms with van der Waals surface area (Å²) in [7, 11) is 0. The number of furan rings is 1. The first-order valence-corrected chi connectivity index (χ1v) is 6.94. The predicted molar refractivity (Wildman–Crippen MR) is 80.7 cm³/mol. The van der Waals surface area contributed by atoms with Crippen molar-refractivity contribution in [2.45, 2.75) is 52.9 Å². The summed E-state index contributed by atoms with van der Waals surface area (Å²) < 4.78 is 5.71. The maximum Gasteiger partial charge on any atom is 0.372 e. The number of aryl methyl sites for hydroxylation is 1. The molecular weight excluding hydrogens is 252 g/mol. The van der Waals surface area contributed by atoms with Gasteiger partial charge in [0.05, 0.1) is 0 Å². The summed E-state index contributed by atoms with van der Waals surface area (Å²) in [5.74, 6) is -0.609. The number of benzene rings is 1. The topological polar surface area (TPSA) is 50.4 Å². The molecule has 0 radical (unpaired) electrons. The molecule has 3 nitrogen and oxygen atoms in total. The van der Waals surface area contributed by atoms with Gasteiger partial charge in [-0.05, 0) is 29.4 Å². The van der Waals surface area contributed by atoms with E-state index in [2.05, 4.69) is 19.9 Å². The molecule has 1 heterocycles. The van der Waals surface area contributed by atoms with Gasteiger partial charge in [-0.1, -0.05) is 46.8 Å². The fourth-order valence-electron chi connectivity index (χ4n) is 2.71. The highest BCUT2D eigenvalue weighted by atomic mass is 16.4. The zero-order valence-electron chi connectivity index (χ0n) is 13.0. The van der Waals surface area contributed by atoms with Crippen molar-refractivity contribution in [1.29, 1.82) is 0 Å². The number of hydrogen-bond acceptors (Lipinski definition) is 2. The fourth-order valence-corrected chi connectivity index (χ4v) is 2.71. The van der Waals surface area contributed by atoms with E-state index < -0.39 is 5.97 Å². The van der Waals surface area contributed by atoms with Crippen LogP contribution in [0, 0.1) is 6.92 Å². The second-order valence-electron chi connectivity index (χ2n) is 6.69. The molecule has 3 heteroatoms. The summed E-state index contributed by atoms with van der Waals surface area (Å²) in [6, 6.07) is 4.08. The molecule has 0 unspecified atom stereocenters. The van der Waals surface area contributed by atoms with Crippen LogP contribution >= 0.6 is 0 Å². The van der Waals surface area contributed by atoms with Crippen molar-refractivity contribution >= 4 is 16.9 Å². The molecule has 1 N–H and O–H groups in total. The van der Waals surface area contributed by atoms with E-state index in [0.29, 0.717) is 11.5 Å². The Hall–Kier alpha value is -1.77. The van der Waals surface area contributed by atoms with Crippen LogP contribution in [0.25, 0.3) is 11.0 Å². The van der Waals surface area contributed by atoms with Crippen LogP contribution < -0.4 is 0 Å². The number of fused-ring (bicyclic) bond motifs is 1. The van der Waals surface area contributed by atoms with Gasteiger partial charge in [0.2, 0.25) is 5.76 Å². The van der Waals surface area contributed by atoms with Gasteiger partial charge in [-0.3, -0.25) is 0 Å². The number of carboxylic acid groups (broad SMARTS) is 1. The fraction of sp³-hybridized carbons (Fsp3) is 0.471. The van der Waals surface area contributed by atoms with E-state index in [1.165, 1.54) is 0 Å². The first-order chi connectivity index (χ1) is 9.14. The first kappa shape index (κ1) is 14.6. The number of hydrogen-bond donors (Lipinski definition) is 1. The SMILES string of the molecule is Cc1ccc(C(C)C)c2c(C(C)(C)C)c(C(=O)O)oc12. The molecule has 0 aliphatic heterocycles. The molecule has 0 amide bonds. The van der Waals surface area contributed by atoms with Gasteiger partial charge >= 0.3 is 5.97 Å². The van der Waals surface area contributed by atoms with E-state index in [1.807, 2.05) is 33.8 Å². The highest BCUT2D eigenvalue weighted by molar-refractivity contribution is 5.98. The molecule has 0 aliphatic carbocycles. The minimum atomic E-state index is -1.000. The Morgan fingerprint density at radius 2 is 1.85 bits per heavy atom. The Bertz CT molecular complexity index is 670. The third kappa shape index (κ3) is 2.21. The Morgan fingerprint density at radius 3 is 2.30 bits per heavy atom. The molecule has 0 saturated heterocycles. The highest BCUT2D eigenvalue weighted by Crippen LogP contribution is 2.40. The summed E-state index contributed by atoms with van der Waals surface area (Å²) in [6.45, 7) is 12.3. The molecular formula is C17H22O3. The normalized spacial score (nSPS) is 12.3. The van der Waals surface area contributed by atoms with Gasteiger partial charge in [-0.15, -0.1) is 0 Å². The Kier molecular flexibility index (Phi) is 3.41. The lowest BCUT2D eigenvalue weighted by Gasteiger charge is -2.20. The number of aromatic carboxylic acids is 1. The highest BCUT2D eigenvalue weighted by Gasteiger charge is 2.31. The smallest absolute Gasteiger partial charge is 0.372 e. The van der Waals surface area contributed by atoms with E-state index in [1.54, 1.807) is 0 Å². The van der Waals surface area contributed by atoms with Gasteiger partial charge in [0, 0.05) is 10.9 Å². The Morgan fingerprint density at radius 1 is 1.25 bits per heavy atom. The van der Waals surface area contributed by atoms with E-state index in [-0.39, 0.29) is 11.2 Å². The number of carbonyl (C=O) groups is 1. The summed E-state index contributed by atoms with van der Waals surface area (Å²) in [6.07, 6.45) is 0. The third-order valence-corrected chi connectivity index (χ3v) is 3.63. The van der Waals surface area contributed by atoms with Crippen molar-refractivity contribution in [3.8, 4) is 0 Å². The Balaban J connectivity index is 3.01. The van der Waals surface area contributed by atoms with E-state index in [4.69, 9.17) is 4.42 Å². The second-order valence-corrected chi connectivity index (χ2v) is 6.69. The van der Waals surface area contributed by atoms with Crippen molar-refractivity contribution in [1.82, 2.24) is 0 Å². The number of rotatable bonds is 2. The third-order valence-electron chi connectivity index (χ3n) is 3.63. The zero-order valence-corrected chi connectivity index (χ0v) is 13.0. The lowest BCUT2D eigenvalue weighted by Crippen LogP contribution is -2.15. The van der Waals surface area contributed by atoms with E-state index >= 15 is 0 Å². The first-order valence-electron chi connectivity index (χ1n) is 6.94. The van der Waals surface area contributed by atoms with Gasteiger partial charge < -0.3 is 9.52 Å². The van der Waals surface area contributed by atoms with Gasteiger partial charge in [0.1, 0.15) is 5.58 Å². The summed E-state index contributed by atoms with van der Waals surface area (Å²) in [5.41, 5.74) is 3.34. The summed E-state index contributed by atoms with van der Waals surface area (Å²) >= 11 is 0. The van der Waals surface area contributed by atoms with Crippen LogP contribution in [0.15, 0.2) is 16.5 Å². The molecule has 0 saturated carbocycles. The van der Waals surface area contributed by atoms with Crippen molar-refractivity contribution < 1.29 is 14.3 Å². The lowest BCUT2D eigenvalue weighted by atomic mass is 9.82. The molecule has 0 fully saturated rings. The molecule has 108 valence electrons. The quantitative estimate of drug-likeness (QED) is 0.850. The van der Waals surface area contributed by atoms with Crippen LogP contribution in [0.5, 0.6) is 0 Å². The molecule has 1 aromatic carbocycles. The van der Waals surface area contributed by atoms with Crippen LogP contribution in [0.3, 0.4) is 0 Å². The lowest BCUT2D eigenvalue weighted by molar-refractivity contribution is 0.0661. The van der Waals surface area contributed by atoms with Crippen molar-refractivity contribution in [3.63, 3.8) is 0 Å². The average Bonchev–Trinajstić information content (AvgIpc) is 2.69. The molecule has 20 heavy (non-hydrogen) atoms. The second kappa shape index (κ2) is 4.65. The molecule has 0 bridgehead atoms. The van der Waals surface area contributed by atoms with Crippen molar-refractivity contribution in [3.05, 3.63) is 34.6 Å². The van der Waals surface area contributed by atoms with Crippen LogP contribution in [-0.4, -0.2) is 11.1 Å². The summed E-state index contributed by atoms with van der Waals surface area (Å²) in [4.78, 5) is 11.5. The van der Waals surface area contributed by atoms with Gasteiger partial charge in [-0.25, -0.2) is 4.79 Å². The number of carboxylic acids is 1. The van der Waals surface area contributed by atoms with Crippen LogP contribution in [0.4, 0.5) is 0 Å². The minimum absolute atomic E-state index is 0.0729. The van der Waals surface area contributed by atoms with Crippen LogP contribution in [-0.2, 0) is 5.41 Å². The molecule has 0 aliphatic rings. The van der Waals surface area contributed by atoms with Crippen molar-refractivity contribution in [2.24, 2.45) is 0 Å². The molecule has 0 atom stereocenters. The minimum Gasteiger partial charge on any atom is -0.475 e. The standard InChI is InChI=1S/C17H22O3/c1-9(2)11-8-7-10(3)14-12(11)13(17(4,5)6)15(20-14)16(18)19/h7-9H,1-6H3,(H,18,19). The predicted octanol–water partition coefficient (Wildman–Crippen LogP) is 4.86. The van der Waals surface area contributed by atoms with Crippen LogP contribution in [0.1, 0.15) is 67.8 Å². The van der Waals surface area contributed by atoms with Crippen LogP contribution in [0.2, 0.25) is 0 Å². The van der Waals surface area contributed by atoms with Crippen molar-refractivity contribution in [2.75, 3.05) is 0 Å². The molecule has 1 aromatic heterocycles.